The second kappa shape index (κ2) is 8.88. The van der Waals surface area contributed by atoms with E-state index in [-0.39, 0.29) is 12.2 Å². The summed E-state index contributed by atoms with van der Waals surface area (Å²) in [6.07, 6.45) is 0.981. The molecule has 0 radical (unpaired) electrons. The highest BCUT2D eigenvalue weighted by molar-refractivity contribution is 7.99. The lowest BCUT2D eigenvalue weighted by molar-refractivity contribution is 0.126. The van der Waals surface area contributed by atoms with Gasteiger partial charge in [0.15, 0.2) is 5.16 Å². The highest BCUT2D eigenvalue weighted by Gasteiger charge is 2.13. The number of hydrogen-bond donors (Lipinski definition) is 1. The number of allylic oxidation sites excluding steroid dienone is 1. The Bertz CT molecular complexity index is 1000. The molecule has 140 valence electrons. The van der Waals surface area contributed by atoms with E-state index in [1.165, 1.54) is 11.8 Å². The predicted octanol–water partition coefficient (Wildman–Crippen LogP) is 3.42. The maximum atomic E-state index is 12.7. The number of rotatable bonds is 8. The van der Waals surface area contributed by atoms with Crippen LogP contribution in [0.4, 0.5) is 0 Å². The van der Waals surface area contributed by atoms with Gasteiger partial charge in [0.2, 0.25) is 0 Å². The van der Waals surface area contributed by atoms with Crippen molar-refractivity contribution >= 4 is 22.7 Å². The number of fused-ring (bicyclic) bond motifs is 1. The molecular weight excluding hydrogens is 360 g/mol. The van der Waals surface area contributed by atoms with Gasteiger partial charge in [-0.2, -0.15) is 0 Å². The minimum Gasteiger partial charge on any atom is -0.491 e. The maximum Gasteiger partial charge on any atom is 0.262 e. The number of ether oxygens (including phenoxy) is 1. The van der Waals surface area contributed by atoms with Gasteiger partial charge in [-0.25, -0.2) is 4.98 Å². The first-order valence-electron chi connectivity index (χ1n) is 8.70. The Labute approximate surface area is 162 Å². The van der Waals surface area contributed by atoms with Crippen molar-refractivity contribution in [2.24, 2.45) is 0 Å². The van der Waals surface area contributed by atoms with E-state index in [2.05, 4.69) is 11.6 Å². The zero-order valence-electron chi connectivity index (χ0n) is 15.2. The van der Waals surface area contributed by atoms with Gasteiger partial charge in [-0.05, 0) is 30.7 Å². The molecule has 5 nitrogen and oxygen atoms in total. The van der Waals surface area contributed by atoms with Crippen LogP contribution >= 0.6 is 11.8 Å². The quantitative estimate of drug-likeness (QED) is 0.367. The molecule has 0 amide bonds. The van der Waals surface area contributed by atoms with Gasteiger partial charge in [0.25, 0.3) is 5.56 Å². The first kappa shape index (κ1) is 19.2. The second-order valence-corrected chi connectivity index (χ2v) is 7.14. The molecule has 0 bridgehead atoms. The van der Waals surface area contributed by atoms with E-state index in [1.807, 2.05) is 49.4 Å². The van der Waals surface area contributed by atoms with Crippen LogP contribution < -0.4 is 10.3 Å². The highest BCUT2D eigenvalue weighted by Crippen LogP contribution is 2.20. The predicted molar refractivity (Wildman–Crippen MR) is 110 cm³/mol. The standard InChI is InChI=1S/C21H22N2O3S/c1-3-12-23-20(25)17-9-5-6-10-18(17)22-21(23)27-14-16(24)13-26-19-11-7-4-8-15(19)2/h3-11,16,24H,1,12-14H2,2H3/t16-/m0/s1. The van der Waals surface area contributed by atoms with E-state index < -0.39 is 6.10 Å². The molecule has 6 heteroatoms. The lowest BCUT2D eigenvalue weighted by Gasteiger charge is -2.15. The van der Waals surface area contributed by atoms with E-state index in [0.717, 1.165) is 11.3 Å². The number of para-hydroxylation sites is 2. The topological polar surface area (TPSA) is 64.3 Å². The van der Waals surface area contributed by atoms with E-state index >= 15 is 0 Å². The van der Waals surface area contributed by atoms with Crippen molar-refractivity contribution in [1.82, 2.24) is 9.55 Å². The lowest BCUT2D eigenvalue weighted by Crippen LogP contribution is -2.25. The van der Waals surface area contributed by atoms with Crippen molar-refractivity contribution in [2.45, 2.75) is 24.7 Å². The van der Waals surface area contributed by atoms with Gasteiger partial charge < -0.3 is 9.84 Å². The SMILES string of the molecule is C=CCn1c(SC[C@@H](O)COc2ccccc2C)nc2ccccc2c1=O. The van der Waals surface area contributed by atoms with Gasteiger partial charge in [-0.3, -0.25) is 9.36 Å². The normalized spacial score (nSPS) is 12.1. The van der Waals surface area contributed by atoms with Gasteiger partial charge in [0.05, 0.1) is 17.0 Å². The molecule has 0 aliphatic carbocycles. The lowest BCUT2D eigenvalue weighted by atomic mass is 10.2. The molecule has 0 fully saturated rings. The van der Waals surface area contributed by atoms with Crippen LogP contribution in [-0.2, 0) is 6.54 Å². The first-order valence-corrected chi connectivity index (χ1v) is 9.68. The number of hydrogen-bond acceptors (Lipinski definition) is 5. The molecular formula is C21H22N2O3S. The molecule has 0 aliphatic rings. The van der Waals surface area contributed by atoms with Crippen LogP contribution in [0, 0.1) is 6.92 Å². The van der Waals surface area contributed by atoms with Crippen LogP contribution in [0.5, 0.6) is 5.75 Å². The van der Waals surface area contributed by atoms with Crippen LogP contribution in [0.15, 0.2) is 71.1 Å². The van der Waals surface area contributed by atoms with Crippen LogP contribution in [0.3, 0.4) is 0 Å². The monoisotopic (exact) mass is 382 g/mol. The summed E-state index contributed by atoms with van der Waals surface area (Å²) in [5, 5.41) is 11.4. The number of nitrogens with zero attached hydrogens (tertiary/aromatic N) is 2. The zero-order valence-corrected chi connectivity index (χ0v) is 16.0. The van der Waals surface area contributed by atoms with Gasteiger partial charge in [-0.1, -0.05) is 48.2 Å². The van der Waals surface area contributed by atoms with Crippen LogP contribution in [0.1, 0.15) is 5.56 Å². The summed E-state index contributed by atoms with van der Waals surface area (Å²) in [6.45, 7) is 6.23. The van der Waals surface area contributed by atoms with Crippen molar-refractivity contribution < 1.29 is 9.84 Å². The van der Waals surface area contributed by atoms with Crippen molar-refractivity contribution in [2.75, 3.05) is 12.4 Å². The van der Waals surface area contributed by atoms with E-state index in [0.29, 0.717) is 28.4 Å². The average molecular weight is 382 g/mol. The molecule has 27 heavy (non-hydrogen) atoms. The van der Waals surface area contributed by atoms with Crippen molar-refractivity contribution in [3.8, 4) is 5.75 Å². The smallest absolute Gasteiger partial charge is 0.262 e. The van der Waals surface area contributed by atoms with Gasteiger partial charge in [0, 0.05) is 12.3 Å². The molecule has 1 heterocycles. The molecule has 3 aromatic rings. The van der Waals surface area contributed by atoms with E-state index in [9.17, 15) is 9.90 Å². The van der Waals surface area contributed by atoms with Crippen LogP contribution in [0.2, 0.25) is 0 Å². The molecule has 0 unspecified atom stereocenters. The third-order valence-corrected chi connectivity index (χ3v) is 5.19. The first-order chi connectivity index (χ1) is 13.1. The molecule has 0 aliphatic heterocycles. The molecule has 1 atom stereocenters. The summed E-state index contributed by atoms with van der Waals surface area (Å²) >= 11 is 1.34. The van der Waals surface area contributed by atoms with Crippen LogP contribution in [-0.4, -0.2) is 33.1 Å². The molecule has 0 spiro atoms. The Morgan fingerprint density at radius 1 is 1.26 bits per heavy atom. The van der Waals surface area contributed by atoms with Crippen LogP contribution in [0.25, 0.3) is 10.9 Å². The summed E-state index contributed by atoms with van der Waals surface area (Å²) in [4.78, 5) is 17.3. The Morgan fingerprint density at radius 2 is 2.00 bits per heavy atom. The number of aryl methyl sites for hydroxylation is 1. The Morgan fingerprint density at radius 3 is 2.78 bits per heavy atom. The highest BCUT2D eigenvalue weighted by atomic mass is 32.2. The van der Waals surface area contributed by atoms with E-state index in [4.69, 9.17) is 4.74 Å². The third-order valence-electron chi connectivity index (χ3n) is 4.07. The largest absolute Gasteiger partial charge is 0.491 e. The van der Waals surface area contributed by atoms with Crippen molar-refractivity contribution in [1.29, 1.82) is 0 Å². The Kier molecular flexibility index (Phi) is 6.32. The molecule has 3 rings (SSSR count). The molecule has 0 saturated carbocycles. The fourth-order valence-corrected chi connectivity index (χ4v) is 3.58. The summed E-state index contributed by atoms with van der Waals surface area (Å²) in [7, 11) is 0. The van der Waals surface area contributed by atoms with E-state index in [1.54, 1.807) is 16.7 Å². The Balaban J connectivity index is 1.72. The summed E-state index contributed by atoms with van der Waals surface area (Å²) < 4.78 is 7.27. The zero-order chi connectivity index (χ0) is 19.2. The fourth-order valence-electron chi connectivity index (χ4n) is 2.67. The minimum absolute atomic E-state index is 0.103. The second-order valence-electron chi connectivity index (χ2n) is 6.16. The maximum absolute atomic E-state index is 12.7. The van der Waals surface area contributed by atoms with Gasteiger partial charge >= 0.3 is 0 Å². The van der Waals surface area contributed by atoms with Crippen molar-refractivity contribution in [3.05, 3.63) is 77.1 Å². The number of benzene rings is 2. The summed E-state index contributed by atoms with van der Waals surface area (Å²) in [5.41, 5.74) is 1.57. The molecule has 1 N–H and O–H groups in total. The number of aromatic nitrogens is 2. The molecule has 2 aromatic carbocycles. The van der Waals surface area contributed by atoms with Gasteiger partial charge in [0.1, 0.15) is 12.4 Å². The summed E-state index contributed by atoms with van der Waals surface area (Å²) in [6, 6.07) is 14.9. The minimum atomic E-state index is -0.685. The average Bonchev–Trinajstić information content (AvgIpc) is 2.68. The number of thioether (sulfide) groups is 1. The number of aliphatic hydroxyl groups excluding tert-OH is 1. The van der Waals surface area contributed by atoms with Crippen molar-refractivity contribution in [3.63, 3.8) is 0 Å². The number of aliphatic hydroxyl groups is 1. The Hall–Kier alpha value is -2.57. The fraction of sp³-hybridized carbons (Fsp3) is 0.238. The molecule has 0 saturated heterocycles. The summed E-state index contributed by atoms with van der Waals surface area (Å²) in [5.74, 6) is 1.13. The van der Waals surface area contributed by atoms with Gasteiger partial charge in [-0.15, -0.1) is 6.58 Å². The molecule has 1 aromatic heterocycles. The third kappa shape index (κ3) is 4.59.